The molecular weight excluding hydrogens is 432 g/mol. The minimum atomic E-state index is -0.709. The molecule has 2 N–H and O–H groups in total. The summed E-state index contributed by atoms with van der Waals surface area (Å²) >= 11 is 5.95. The second-order valence-corrected chi connectivity index (χ2v) is 6.82. The summed E-state index contributed by atoms with van der Waals surface area (Å²) in [4.78, 5) is 28.9. The van der Waals surface area contributed by atoms with Crippen LogP contribution in [0.25, 0.3) is 0 Å². The van der Waals surface area contributed by atoms with E-state index in [1.807, 2.05) is 13.0 Å². The van der Waals surface area contributed by atoms with E-state index >= 15 is 0 Å². The molecule has 0 spiro atoms. The lowest BCUT2D eigenvalue weighted by molar-refractivity contribution is -0.119. The fourth-order valence-corrected chi connectivity index (χ4v) is 2.92. The molecule has 3 rings (SSSR count). The molecule has 2 aromatic carbocycles. The maximum absolute atomic E-state index is 12.5. The van der Waals surface area contributed by atoms with Crippen LogP contribution in [0.1, 0.15) is 22.8 Å². The van der Waals surface area contributed by atoms with Crippen LogP contribution in [0.3, 0.4) is 0 Å². The number of nitriles is 1. The van der Waals surface area contributed by atoms with Gasteiger partial charge in [-0.1, -0.05) is 11.6 Å². The van der Waals surface area contributed by atoms with Crippen molar-refractivity contribution in [2.24, 2.45) is 0 Å². The Labute approximate surface area is 189 Å². The van der Waals surface area contributed by atoms with E-state index in [1.54, 1.807) is 36.4 Å². The second-order valence-electron chi connectivity index (χ2n) is 6.41. The van der Waals surface area contributed by atoms with Crippen molar-refractivity contribution in [2.75, 3.05) is 23.8 Å². The molecule has 8 nitrogen and oxygen atoms in total. The number of nitrogens with one attached hydrogen (secondary N) is 2. The Hall–Kier alpha value is -4.09. The van der Waals surface area contributed by atoms with Crippen LogP contribution >= 0.6 is 11.6 Å². The molecule has 1 aromatic heterocycles. The van der Waals surface area contributed by atoms with Crippen LogP contribution in [0.5, 0.6) is 5.75 Å². The number of aromatic nitrogens is 1. The van der Waals surface area contributed by atoms with Gasteiger partial charge in [-0.05, 0) is 61.5 Å². The molecule has 0 aliphatic heterocycles. The van der Waals surface area contributed by atoms with Crippen LogP contribution < -0.4 is 15.4 Å². The van der Waals surface area contributed by atoms with E-state index in [-0.39, 0.29) is 10.6 Å². The number of hydrogen-bond acceptors (Lipinski definition) is 7. The summed E-state index contributed by atoms with van der Waals surface area (Å²) in [5.74, 6) is -0.238. The number of pyridine rings is 1. The van der Waals surface area contributed by atoms with Crippen molar-refractivity contribution in [3.05, 3.63) is 76.9 Å². The number of esters is 1. The average molecular weight is 451 g/mol. The average Bonchev–Trinajstić information content (AvgIpc) is 2.79. The number of benzene rings is 2. The number of carbonyl (C=O) groups is 2. The molecule has 0 aliphatic rings. The van der Waals surface area contributed by atoms with Crippen molar-refractivity contribution >= 4 is 40.7 Å². The maximum atomic E-state index is 12.5. The lowest BCUT2D eigenvalue weighted by Gasteiger charge is -2.11. The number of nitrogens with zero attached hydrogens (tertiary/aromatic N) is 2. The molecule has 0 saturated heterocycles. The quantitative estimate of drug-likeness (QED) is 0.484. The smallest absolute Gasteiger partial charge is 0.342 e. The van der Waals surface area contributed by atoms with Crippen molar-refractivity contribution in [2.45, 2.75) is 6.92 Å². The van der Waals surface area contributed by atoms with E-state index in [0.29, 0.717) is 29.4 Å². The van der Waals surface area contributed by atoms with Crippen LogP contribution in [-0.2, 0) is 9.53 Å². The van der Waals surface area contributed by atoms with Crippen molar-refractivity contribution in [3.8, 4) is 11.8 Å². The highest BCUT2D eigenvalue weighted by Gasteiger charge is 2.16. The van der Waals surface area contributed by atoms with Crippen LogP contribution in [0, 0.1) is 11.3 Å². The van der Waals surface area contributed by atoms with E-state index in [0.717, 1.165) is 5.75 Å². The van der Waals surface area contributed by atoms with Gasteiger partial charge in [0.25, 0.3) is 5.91 Å². The summed E-state index contributed by atoms with van der Waals surface area (Å²) < 4.78 is 10.5. The molecule has 0 bridgehead atoms. The lowest BCUT2D eigenvalue weighted by Crippen LogP contribution is -2.21. The normalized spacial score (nSPS) is 10.0. The van der Waals surface area contributed by atoms with Gasteiger partial charge >= 0.3 is 5.97 Å². The summed E-state index contributed by atoms with van der Waals surface area (Å²) in [5, 5.41) is 14.7. The van der Waals surface area contributed by atoms with Crippen LogP contribution in [0.15, 0.2) is 60.8 Å². The van der Waals surface area contributed by atoms with E-state index in [2.05, 4.69) is 15.6 Å². The topological polar surface area (TPSA) is 113 Å². The third-order valence-corrected chi connectivity index (χ3v) is 4.48. The van der Waals surface area contributed by atoms with Crippen molar-refractivity contribution in [3.63, 3.8) is 0 Å². The molecule has 32 heavy (non-hydrogen) atoms. The highest BCUT2D eigenvalue weighted by Crippen LogP contribution is 2.22. The zero-order valence-electron chi connectivity index (χ0n) is 17.1. The third-order valence-electron chi connectivity index (χ3n) is 4.16. The molecule has 3 aromatic rings. The number of rotatable bonds is 8. The first-order chi connectivity index (χ1) is 15.5. The molecule has 0 saturated carbocycles. The molecule has 0 unspecified atom stereocenters. The highest BCUT2D eigenvalue weighted by molar-refractivity contribution is 6.32. The molecule has 0 fully saturated rings. The van der Waals surface area contributed by atoms with Gasteiger partial charge in [-0.2, -0.15) is 5.26 Å². The summed E-state index contributed by atoms with van der Waals surface area (Å²) in [6.07, 6.45) is 1.54. The van der Waals surface area contributed by atoms with Crippen LogP contribution in [0.2, 0.25) is 5.02 Å². The Morgan fingerprint density at radius 2 is 1.88 bits per heavy atom. The fraction of sp³-hybridized carbons (Fsp3) is 0.130. The zero-order valence-corrected chi connectivity index (χ0v) is 17.8. The van der Waals surface area contributed by atoms with Gasteiger partial charge in [0.15, 0.2) is 6.61 Å². The predicted octanol–water partition coefficient (Wildman–Crippen LogP) is 4.54. The van der Waals surface area contributed by atoms with Gasteiger partial charge in [0, 0.05) is 17.6 Å². The largest absolute Gasteiger partial charge is 0.494 e. The van der Waals surface area contributed by atoms with Gasteiger partial charge in [0.1, 0.15) is 23.2 Å². The molecule has 1 amide bonds. The minimum absolute atomic E-state index is 0.176. The molecule has 0 radical (unpaired) electrons. The third kappa shape index (κ3) is 5.97. The van der Waals surface area contributed by atoms with E-state index < -0.39 is 18.5 Å². The Balaban J connectivity index is 1.61. The van der Waals surface area contributed by atoms with Crippen LogP contribution in [-0.4, -0.2) is 30.1 Å². The van der Waals surface area contributed by atoms with Gasteiger partial charge < -0.3 is 20.1 Å². The standard InChI is InChI=1S/C23H19ClN4O4/c1-2-31-18-9-7-16(8-10-18)28-22-19(4-3-11-26-22)23(30)32-14-21(29)27-17-6-5-15(13-25)20(24)12-17/h3-12H,2,14H2,1H3,(H,26,28)(H,27,29). The van der Waals surface area contributed by atoms with Gasteiger partial charge in [0.05, 0.1) is 17.2 Å². The first-order valence-corrected chi connectivity index (χ1v) is 9.99. The molecule has 0 aliphatic carbocycles. The van der Waals surface area contributed by atoms with Crippen molar-refractivity contribution in [1.82, 2.24) is 4.98 Å². The Morgan fingerprint density at radius 3 is 2.56 bits per heavy atom. The number of carbonyl (C=O) groups excluding carboxylic acids is 2. The number of ether oxygens (including phenoxy) is 2. The zero-order chi connectivity index (χ0) is 22.9. The molecule has 162 valence electrons. The highest BCUT2D eigenvalue weighted by atomic mass is 35.5. The summed E-state index contributed by atoms with van der Waals surface area (Å²) in [6, 6.07) is 16.7. The molecule has 1 heterocycles. The van der Waals surface area contributed by atoms with Crippen LogP contribution in [0.4, 0.5) is 17.2 Å². The van der Waals surface area contributed by atoms with E-state index in [4.69, 9.17) is 26.3 Å². The first-order valence-electron chi connectivity index (χ1n) is 9.61. The monoisotopic (exact) mass is 450 g/mol. The van der Waals surface area contributed by atoms with E-state index in [9.17, 15) is 9.59 Å². The maximum Gasteiger partial charge on any atom is 0.342 e. The second kappa shape index (κ2) is 10.8. The number of amides is 1. The Kier molecular flexibility index (Phi) is 7.62. The Bertz CT molecular complexity index is 1160. The van der Waals surface area contributed by atoms with Gasteiger partial charge in [-0.25, -0.2) is 9.78 Å². The molecule has 9 heteroatoms. The fourth-order valence-electron chi connectivity index (χ4n) is 2.70. The number of hydrogen-bond donors (Lipinski definition) is 2. The number of halogens is 1. The first kappa shape index (κ1) is 22.6. The van der Waals surface area contributed by atoms with Crippen molar-refractivity contribution in [1.29, 1.82) is 5.26 Å². The number of anilines is 3. The summed E-state index contributed by atoms with van der Waals surface area (Å²) in [5.41, 5.74) is 1.56. The van der Waals surface area contributed by atoms with Crippen molar-refractivity contribution < 1.29 is 19.1 Å². The molecular formula is C23H19ClN4O4. The minimum Gasteiger partial charge on any atom is -0.494 e. The molecule has 0 atom stereocenters. The lowest BCUT2D eigenvalue weighted by atomic mass is 10.2. The predicted molar refractivity (Wildman–Crippen MR) is 120 cm³/mol. The van der Waals surface area contributed by atoms with Gasteiger partial charge in [-0.3, -0.25) is 4.79 Å². The van der Waals surface area contributed by atoms with Gasteiger partial charge in [0.2, 0.25) is 0 Å². The SMILES string of the molecule is CCOc1ccc(Nc2ncccc2C(=O)OCC(=O)Nc2ccc(C#N)c(Cl)c2)cc1. The summed E-state index contributed by atoms with van der Waals surface area (Å²) in [7, 11) is 0. The van der Waals surface area contributed by atoms with E-state index in [1.165, 1.54) is 24.4 Å². The van der Waals surface area contributed by atoms with Gasteiger partial charge in [-0.15, -0.1) is 0 Å². The summed E-state index contributed by atoms with van der Waals surface area (Å²) in [6.45, 7) is 1.96. The Morgan fingerprint density at radius 1 is 1.12 bits per heavy atom.